The molecular weight excluding hydrogens is 328 g/mol. The fraction of sp³-hybridized carbons (Fsp3) is 0.562. The molecule has 0 radical (unpaired) electrons. The van der Waals surface area contributed by atoms with Crippen LogP contribution in [-0.2, 0) is 10.0 Å². The van der Waals surface area contributed by atoms with Crippen molar-refractivity contribution < 1.29 is 13.2 Å². The highest BCUT2D eigenvalue weighted by atomic mass is 32.2. The second-order valence-electron chi connectivity index (χ2n) is 6.43. The van der Waals surface area contributed by atoms with Crippen molar-refractivity contribution >= 4 is 21.6 Å². The summed E-state index contributed by atoms with van der Waals surface area (Å²) in [6, 6.07) is 7.04. The summed E-state index contributed by atoms with van der Waals surface area (Å²) in [5, 5.41) is 3.35. The lowest BCUT2D eigenvalue weighted by Gasteiger charge is -2.32. The van der Waals surface area contributed by atoms with Gasteiger partial charge in [0.05, 0.1) is 6.26 Å². The lowest BCUT2D eigenvalue weighted by Crippen LogP contribution is -2.49. The van der Waals surface area contributed by atoms with Gasteiger partial charge in [-0.1, -0.05) is 0 Å². The van der Waals surface area contributed by atoms with E-state index in [2.05, 4.69) is 14.9 Å². The summed E-state index contributed by atoms with van der Waals surface area (Å²) in [7, 11) is -3.30. The van der Waals surface area contributed by atoms with Gasteiger partial charge in [0.2, 0.25) is 10.0 Å². The minimum absolute atomic E-state index is 0.0125. The molecule has 1 amide bonds. The lowest BCUT2D eigenvalue weighted by molar-refractivity contribution is 0.0773. The van der Waals surface area contributed by atoms with E-state index in [0.29, 0.717) is 17.3 Å². The molecule has 24 heavy (non-hydrogen) atoms. The maximum absolute atomic E-state index is 12.6. The molecular formula is C16H24N4O3S. The number of carbonyl (C=O) groups excluding carboxylic acids is 1. The van der Waals surface area contributed by atoms with E-state index >= 15 is 0 Å². The minimum atomic E-state index is -3.30. The Kier molecular flexibility index (Phi) is 5.07. The fourth-order valence-corrected chi connectivity index (χ4v) is 3.91. The van der Waals surface area contributed by atoms with Gasteiger partial charge in [-0.2, -0.15) is 0 Å². The number of nitrogens with one attached hydrogen (secondary N) is 2. The molecule has 0 spiro atoms. The minimum Gasteiger partial charge on any atom is -0.337 e. The van der Waals surface area contributed by atoms with Crippen LogP contribution in [0.3, 0.4) is 0 Å². The summed E-state index contributed by atoms with van der Waals surface area (Å²) in [5.41, 5.74) is 1.06. The quantitative estimate of drug-likeness (QED) is 0.808. The molecule has 1 aromatic carbocycles. The topological polar surface area (TPSA) is 81.8 Å². The van der Waals surface area contributed by atoms with Crippen LogP contribution in [-0.4, -0.2) is 75.7 Å². The summed E-state index contributed by atoms with van der Waals surface area (Å²) in [4.78, 5) is 17.0. The highest BCUT2D eigenvalue weighted by Crippen LogP contribution is 2.19. The fourth-order valence-electron chi connectivity index (χ4n) is 3.35. The molecule has 2 saturated heterocycles. The number of nitrogens with zero attached hydrogens (tertiary/aromatic N) is 2. The molecule has 7 nitrogen and oxygen atoms in total. The van der Waals surface area contributed by atoms with Gasteiger partial charge in [-0.25, -0.2) is 8.42 Å². The van der Waals surface area contributed by atoms with E-state index in [1.54, 1.807) is 24.3 Å². The van der Waals surface area contributed by atoms with E-state index in [-0.39, 0.29) is 5.91 Å². The number of carbonyl (C=O) groups is 1. The number of rotatable bonds is 4. The first kappa shape index (κ1) is 17.2. The molecule has 2 aliphatic rings. The van der Waals surface area contributed by atoms with Gasteiger partial charge in [-0.05, 0) is 30.7 Å². The van der Waals surface area contributed by atoms with Crippen LogP contribution in [0, 0.1) is 0 Å². The van der Waals surface area contributed by atoms with Crippen molar-refractivity contribution in [3.8, 4) is 0 Å². The first-order valence-electron chi connectivity index (χ1n) is 8.24. The van der Waals surface area contributed by atoms with Gasteiger partial charge >= 0.3 is 0 Å². The van der Waals surface area contributed by atoms with E-state index < -0.39 is 10.0 Å². The van der Waals surface area contributed by atoms with Gasteiger partial charge in [0, 0.05) is 56.6 Å². The van der Waals surface area contributed by atoms with Gasteiger partial charge in [-0.3, -0.25) is 14.4 Å². The number of amides is 1. The maximum atomic E-state index is 12.6. The summed E-state index contributed by atoms with van der Waals surface area (Å²) >= 11 is 0. The normalized spacial score (nSPS) is 22.5. The van der Waals surface area contributed by atoms with Crippen LogP contribution in [0.25, 0.3) is 0 Å². The van der Waals surface area contributed by atoms with Crippen molar-refractivity contribution in [1.82, 2.24) is 15.1 Å². The standard InChI is InChI=1S/C16H24N4O3S/c1-24(22,23)18-14-4-2-13(3-5-14)16(21)20-9-6-15(12-20)19-10-7-17-8-11-19/h2-5,15,17-18H,6-12H2,1H3. The summed E-state index contributed by atoms with van der Waals surface area (Å²) in [5.74, 6) is 0.0125. The Hall–Kier alpha value is -1.64. The molecule has 0 saturated carbocycles. The molecule has 1 aromatic rings. The van der Waals surface area contributed by atoms with E-state index in [1.165, 1.54) is 0 Å². The van der Waals surface area contributed by atoms with Crippen LogP contribution in [0.2, 0.25) is 0 Å². The van der Waals surface area contributed by atoms with Gasteiger partial charge in [0.15, 0.2) is 0 Å². The van der Waals surface area contributed by atoms with E-state index in [9.17, 15) is 13.2 Å². The van der Waals surface area contributed by atoms with Crippen molar-refractivity contribution in [3.63, 3.8) is 0 Å². The number of likely N-dealkylation sites (tertiary alicyclic amines) is 1. The van der Waals surface area contributed by atoms with Gasteiger partial charge in [-0.15, -0.1) is 0 Å². The number of piperazine rings is 1. The van der Waals surface area contributed by atoms with E-state index in [0.717, 1.165) is 51.9 Å². The number of benzene rings is 1. The van der Waals surface area contributed by atoms with Crippen LogP contribution in [0.15, 0.2) is 24.3 Å². The first-order chi connectivity index (χ1) is 11.4. The summed E-state index contributed by atoms with van der Waals surface area (Å²) < 4.78 is 24.8. The molecule has 2 fully saturated rings. The van der Waals surface area contributed by atoms with Crippen molar-refractivity contribution in [3.05, 3.63) is 29.8 Å². The molecule has 0 bridgehead atoms. The third-order valence-corrected chi connectivity index (χ3v) is 5.16. The lowest BCUT2D eigenvalue weighted by atomic mass is 10.2. The monoisotopic (exact) mass is 352 g/mol. The van der Waals surface area contributed by atoms with Crippen LogP contribution in [0.5, 0.6) is 0 Å². The van der Waals surface area contributed by atoms with Gasteiger partial charge in [0.25, 0.3) is 5.91 Å². The van der Waals surface area contributed by atoms with Crippen molar-refractivity contribution in [1.29, 1.82) is 0 Å². The van der Waals surface area contributed by atoms with Crippen molar-refractivity contribution in [2.75, 3.05) is 50.2 Å². The predicted octanol–water partition coefficient (Wildman–Crippen LogP) is 0.178. The molecule has 2 heterocycles. The second-order valence-corrected chi connectivity index (χ2v) is 8.18. The van der Waals surface area contributed by atoms with Crippen LogP contribution < -0.4 is 10.0 Å². The number of hydrogen-bond acceptors (Lipinski definition) is 5. The SMILES string of the molecule is CS(=O)(=O)Nc1ccc(C(=O)N2CCC(N3CCNCC3)C2)cc1. The molecule has 3 rings (SSSR count). The third kappa shape index (κ3) is 4.25. The average molecular weight is 352 g/mol. The Bertz CT molecular complexity index is 684. The molecule has 0 aliphatic carbocycles. The van der Waals surface area contributed by atoms with Crippen molar-refractivity contribution in [2.24, 2.45) is 0 Å². The Labute approximate surface area is 143 Å². The molecule has 132 valence electrons. The molecule has 0 aromatic heterocycles. The van der Waals surface area contributed by atoms with Crippen LogP contribution in [0.4, 0.5) is 5.69 Å². The molecule has 8 heteroatoms. The Morgan fingerprint density at radius 3 is 2.46 bits per heavy atom. The average Bonchev–Trinajstić information content (AvgIpc) is 3.04. The smallest absolute Gasteiger partial charge is 0.253 e. The van der Waals surface area contributed by atoms with Crippen LogP contribution >= 0.6 is 0 Å². The summed E-state index contributed by atoms with van der Waals surface area (Å²) in [6.07, 6.45) is 2.12. The maximum Gasteiger partial charge on any atom is 0.253 e. The third-order valence-electron chi connectivity index (χ3n) is 4.55. The van der Waals surface area contributed by atoms with Crippen LogP contribution in [0.1, 0.15) is 16.8 Å². The molecule has 1 unspecified atom stereocenters. The highest BCUT2D eigenvalue weighted by molar-refractivity contribution is 7.92. The second kappa shape index (κ2) is 7.08. The van der Waals surface area contributed by atoms with E-state index in [1.807, 2.05) is 4.90 Å². The molecule has 1 atom stereocenters. The number of hydrogen-bond donors (Lipinski definition) is 2. The predicted molar refractivity (Wildman–Crippen MR) is 93.7 cm³/mol. The first-order valence-corrected chi connectivity index (χ1v) is 10.1. The molecule has 2 aliphatic heterocycles. The van der Waals surface area contributed by atoms with Crippen molar-refractivity contribution in [2.45, 2.75) is 12.5 Å². The number of sulfonamides is 1. The zero-order chi connectivity index (χ0) is 17.2. The largest absolute Gasteiger partial charge is 0.337 e. The summed E-state index contributed by atoms with van der Waals surface area (Å²) in [6.45, 7) is 5.65. The zero-order valence-electron chi connectivity index (χ0n) is 13.9. The van der Waals surface area contributed by atoms with Gasteiger partial charge < -0.3 is 10.2 Å². The zero-order valence-corrected chi connectivity index (χ0v) is 14.7. The van der Waals surface area contributed by atoms with E-state index in [4.69, 9.17) is 0 Å². The van der Waals surface area contributed by atoms with Gasteiger partial charge in [0.1, 0.15) is 0 Å². The Morgan fingerprint density at radius 1 is 1.17 bits per heavy atom. The number of anilines is 1. The Balaban J connectivity index is 1.60. The molecule has 2 N–H and O–H groups in total. The Morgan fingerprint density at radius 2 is 1.83 bits per heavy atom. The highest BCUT2D eigenvalue weighted by Gasteiger charge is 2.31.